The summed E-state index contributed by atoms with van der Waals surface area (Å²) in [5, 5.41) is 17.6. The molecular formula is C41H28N6O5. The lowest BCUT2D eigenvalue weighted by atomic mass is 10.00. The van der Waals surface area contributed by atoms with E-state index in [0.29, 0.717) is 33.8 Å². The van der Waals surface area contributed by atoms with Gasteiger partial charge in [-0.3, -0.25) is 14.4 Å². The molecule has 0 fully saturated rings. The average Bonchev–Trinajstić information content (AvgIpc) is 3.82. The van der Waals surface area contributed by atoms with Crippen LogP contribution in [0.3, 0.4) is 0 Å². The Morgan fingerprint density at radius 2 is 0.962 bits per heavy atom. The van der Waals surface area contributed by atoms with Gasteiger partial charge in [0.05, 0.1) is 11.4 Å². The molecule has 252 valence electrons. The van der Waals surface area contributed by atoms with Gasteiger partial charge >= 0.3 is 5.97 Å². The Bertz CT molecular complexity index is 2410. The lowest BCUT2D eigenvalue weighted by Crippen LogP contribution is -1.99. The highest BCUT2D eigenvalue weighted by molar-refractivity contribution is 5.93. The normalized spacial score (nSPS) is 10.8. The number of carbonyl (C=O) groups is 4. The summed E-state index contributed by atoms with van der Waals surface area (Å²) in [6.45, 7) is 1.49. The minimum Gasteiger partial charge on any atom is -0.476 e. The van der Waals surface area contributed by atoms with Crippen LogP contribution in [-0.4, -0.2) is 58.6 Å². The van der Waals surface area contributed by atoms with Crippen molar-refractivity contribution in [2.75, 3.05) is 0 Å². The van der Waals surface area contributed by atoms with E-state index in [1.807, 2.05) is 91.1 Å². The molecule has 1 N–H and O–H groups in total. The van der Waals surface area contributed by atoms with Crippen LogP contribution in [0.5, 0.6) is 0 Å². The van der Waals surface area contributed by atoms with E-state index in [-0.39, 0.29) is 11.5 Å². The van der Waals surface area contributed by atoms with Crippen molar-refractivity contribution in [3.05, 3.63) is 156 Å². The predicted octanol–water partition coefficient (Wildman–Crippen LogP) is 7.65. The van der Waals surface area contributed by atoms with E-state index in [1.54, 1.807) is 41.0 Å². The third kappa shape index (κ3) is 6.74. The number of Topliss-reactive ketones (excluding diaryl/α,β-unsaturated/α-hetero) is 1. The largest absolute Gasteiger partial charge is 0.476 e. The number of carboxylic acids is 1. The van der Waals surface area contributed by atoms with Gasteiger partial charge in [0.1, 0.15) is 18.3 Å². The van der Waals surface area contributed by atoms with Crippen LogP contribution in [0.1, 0.15) is 48.6 Å². The summed E-state index contributed by atoms with van der Waals surface area (Å²) in [5.41, 5.74) is 9.38. The molecule has 0 aliphatic rings. The highest BCUT2D eigenvalue weighted by atomic mass is 16.4. The zero-order chi connectivity index (χ0) is 36.2. The SMILES string of the molecule is CC(=O)c1cc2nc(-c3ccc(C=O)cc3)c(-c3ccccc3)cn2n1.O=Cc1ccc(-c2nc3cc(C(=O)O)nn3cc2-c2ccccc2)cc1. The molecule has 0 amide bonds. The Balaban J connectivity index is 0.000000162. The zero-order valence-corrected chi connectivity index (χ0v) is 27.6. The Kier molecular flexibility index (Phi) is 9.05. The van der Waals surface area contributed by atoms with Crippen LogP contribution in [-0.2, 0) is 0 Å². The monoisotopic (exact) mass is 684 g/mol. The van der Waals surface area contributed by atoms with Crippen molar-refractivity contribution < 1.29 is 24.3 Å². The van der Waals surface area contributed by atoms with Crippen LogP contribution in [0.15, 0.2) is 134 Å². The van der Waals surface area contributed by atoms with Crippen molar-refractivity contribution in [2.24, 2.45) is 0 Å². The maximum absolute atomic E-state index is 11.7. The number of hydrogen-bond acceptors (Lipinski definition) is 8. The van der Waals surface area contributed by atoms with Crippen LogP contribution in [0.2, 0.25) is 0 Å². The highest BCUT2D eigenvalue weighted by Crippen LogP contribution is 2.32. The molecule has 0 saturated carbocycles. The van der Waals surface area contributed by atoms with Gasteiger partial charge in [0.15, 0.2) is 22.8 Å². The fourth-order valence-electron chi connectivity index (χ4n) is 5.66. The number of fused-ring (bicyclic) bond motifs is 2. The van der Waals surface area contributed by atoms with Gasteiger partial charge in [0.25, 0.3) is 0 Å². The molecule has 0 radical (unpaired) electrons. The van der Waals surface area contributed by atoms with Crippen LogP contribution < -0.4 is 0 Å². The molecule has 0 bridgehead atoms. The average molecular weight is 685 g/mol. The predicted molar refractivity (Wildman–Crippen MR) is 195 cm³/mol. The number of ketones is 1. The molecule has 4 aromatic carbocycles. The second-order valence-corrected chi connectivity index (χ2v) is 11.7. The summed E-state index contributed by atoms with van der Waals surface area (Å²) in [6.07, 6.45) is 5.25. The number of carbonyl (C=O) groups excluding carboxylic acids is 3. The van der Waals surface area contributed by atoms with Gasteiger partial charge in [0.2, 0.25) is 0 Å². The first kappa shape index (κ1) is 33.1. The second kappa shape index (κ2) is 14.2. The van der Waals surface area contributed by atoms with Crippen LogP contribution in [0, 0.1) is 0 Å². The van der Waals surface area contributed by atoms with E-state index in [2.05, 4.69) is 15.2 Å². The smallest absolute Gasteiger partial charge is 0.356 e. The van der Waals surface area contributed by atoms with E-state index in [4.69, 9.17) is 4.98 Å². The number of rotatable bonds is 8. The van der Waals surface area contributed by atoms with Gasteiger partial charge in [-0.1, -0.05) is 109 Å². The van der Waals surface area contributed by atoms with Crippen molar-refractivity contribution in [1.29, 1.82) is 0 Å². The van der Waals surface area contributed by atoms with Gasteiger partial charge in [-0.2, -0.15) is 10.2 Å². The molecule has 11 nitrogen and oxygen atoms in total. The third-order valence-electron chi connectivity index (χ3n) is 8.29. The van der Waals surface area contributed by atoms with Gasteiger partial charge in [-0.25, -0.2) is 23.8 Å². The summed E-state index contributed by atoms with van der Waals surface area (Å²) in [6, 6.07) is 37.0. The molecule has 0 aliphatic carbocycles. The Hall–Kier alpha value is -7.40. The molecule has 11 heteroatoms. The summed E-state index contributed by atoms with van der Waals surface area (Å²) in [5.74, 6) is -1.21. The van der Waals surface area contributed by atoms with Crippen LogP contribution in [0.4, 0.5) is 0 Å². The number of aldehydes is 2. The lowest BCUT2D eigenvalue weighted by Gasteiger charge is -2.10. The second-order valence-electron chi connectivity index (χ2n) is 11.7. The van der Waals surface area contributed by atoms with E-state index in [0.717, 1.165) is 51.6 Å². The van der Waals surface area contributed by atoms with E-state index < -0.39 is 5.97 Å². The molecular weight excluding hydrogens is 656 g/mol. The van der Waals surface area contributed by atoms with Crippen LogP contribution >= 0.6 is 0 Å². The van der Waals surface area contributed by atoms with Gasteiger partial charge < -0.3 is 5.11 Å². The van der Waals surface area contributed by atoms with Crippen molar-refractivity contribution in [3.63, 3.8) is 0 Å². The third-order valence-corrected chi connectivity index (χ3v) is 8.29. The van der Waals surface area contributed by atoms with E-state index >= 15 is 0 Å². The maximum atomic E-state index is 11.7. The summed E-state index contributed by atoms with van der Waals surface area (Å²) in [7, 11) is 0. The number of nitrogens with zero attached hydrogens (tertiary/aromatic N) is 6. The van der Waals surface area contributed by atoms with Gasteiger partial charge in [-0.15, -0.1) is 0 Å². The fraction of sp³-hybridized carbons (Fsp3) is 0.0244. The highest BCUT2D eigenvalue weighted by Gasteiger charge is 2.17. The number of benzene rings is 4. The molecule has 8 aromatic rings. The van der Waals surface area contributed by atoms with Crippen molar-refractivity contribution in [3.8, 4) is 44.8 Å². The Morgan fingerprint density at radius 3 is 1.35 bits per heavy atom. The minimum absolute atomic E-state index is 0.0648. The minimum atomic E-state index is -1.10. The molecule has 0 saturated heterocycles. The molecule has 4 heterocycles. The maximum Gasteiger partial charge on any atom is 0.356 e. The van der Waals surface area contributed by atoms with E-state index in [9.17, 15) is 24.3 Å². The van der Waals surface area contributed by atoms with Gasteiger partial charge in [0, 0.05) is 64.8 Å². The first-order valence-corrected chi connectivity index (χ1v) is 16.1. The van der Waals surface area contributed by atoms with Crippen LogP contribution in [0.25, 0.3) is 56.1 Å². The number of hydrogen-bond donors (Lipinski definition) is 1. The van der Waals surface area contributed by atoms with E-state index in [1.165, 1.54) is 17.5 Å². The number of aromatic carboxylic acids is 1. The molecule has 52 heavy (non-hydrogen) atoms. The first-order valence-electron chi connectivity index (χ1n) is 16.1. The van der Waals surface area contributed by atoms with Crippen molar-refractivity contribution in [1.82, 2.24) is 29.2 Å². The molecule has 0 unspecified atom stereocenters. The topological polar surface area (TPSA) is 149 Å². The molecule has 0 aliphatic heterocycles. The summed E-state index contributed by atoms with van der Waals surface area (Å²) >= 11 is 0. The molecule has 0 atom stereocenters. The Morgan fingerprint density at radius 1 is 0.558 bits per heavy atom. The Labute approximate surface area is 296 Å². The molecule has 8 rings (SSSR count). The van der Waals surface area contributed by atoms with Crippen molar-refractivity contribution >= 4 is 35.6 Å². The lowest BCUT2D eigenvalue weighted by molar-refractivity contribution is 0.0689. The fourth-order valence-corrected chi connectivity index (χ4v) is 5.66. The van der Waals surface area contributed by atoms with Crippen molar-refractivity contribution in [2.45, 2.75) is 6.92 Å². The summed E-state index contributed by atoms with van der Waals surface area (Å²) in [4.78, 5) is 54.1. The van der Waals surface area contributed by atoms with Gasteiger partial charge in [-0.05, 0) is 11.1 Å². The molecule has 4 aromatic heterocycles. The number of carboxylic acid groups (broad SMARTS) is 1. The standard InChI is InChI=1S/C21H15N3O2.C20H13N3O3/c1-14(26)19-11-20-22-21(17-9-7-15(13-25)8-10-17)18(12-24(20)23-19)16-5-3-2-4-6-16;24-12-13-6-8-15(9-7-13)19-16(14-4-2-1-3-5-14)11-23-18(21-19)10-17(22-23)20(25)26/h2-13H,1H3;1-12H,(H,25,26). The molecule has 0 spiro atoms. The zero-order valence-electron chi connectivity index (χ0n) is 27.6. The number of aromatic nitrogens is 6. The summed E-state index contributed by atoms with van der Waals surface area (Å²) < 4.78 is 3.09. The first-order chi connectivity index (χ1) is 25.3. The quantitative estimate of drug-likeness (QED) is 0.126.